The van der Waals surface area contributed by atoms with Crippen molar-refractivity contribution in [3.8, 4) is 12.3 Å². The van der Waals surface area contributed by atoms with E-state index in [1.807, 2.05) is 0 Å². The van der Waals surface area contributed by atoms with Crippen molar-refractivity contribution in [2.45, 2.75) is 71.6 Å². The second-order valence-electron chi connectivity index (χ2n) is 9.12. The minimum Gasteiger partial charge on any atom is -0.457 e. The maximum Gasteiger partial charge on any atom is 0.423 e. The zero-order valence-electron chi connectivity index (χ0n) is 20.0. The zero-order valence-corrected chi connectivity index (χ0v) is 20.0. The molecule has 182 valence electrons. The van der Waals surface area contributed by atoms with Gasteiger partial charge in [0.05, 0.1) is 6.61 Å². The van der Waals surface area contributed by atoms with Crippen molar-refractivity contribution in [2.24, 2.45) is 0 Å². The van der Waals surface area contributed by atoms with Crippen LogP contribution in [0.15, 0.2) is 30.3 Å². The second kappa shape index (κ2) is 11.7. The maximum absolute atomic E-state index is 16.3. The SMILES string of the molecule is C#CCOCCC(F)(C(=O)OCc1ccccc1)N(C(=O)OC(C)(C)C)C(=O)OC(C)(C)C. The molecule has 0 aromatic heterocycles. The van der Waals surface area contributed by atoms with Gasteiger partial charge in [0.15, 0.2) is 0 Å². The number of amides is 2. The lowest BCUT2D eigenvalue weighted by Gasteiger charge is -2.35. The number of carbonyl (C=O) groups is 3. The summed E-state index contributed by atoms with van der Waals surface area (Å²) in [6.07, 6.45) is 1.56. The molecule has 0 aliphatic carbocycles. The van der Waals surface area contributed by atoms with Crippen LogP contribution >= 0.6 is 0 Å². The van der Waals surface area contributed by atoms with Gasteiger partial charge in [-0.15, -0.1) is 6.42 Å². The molecule has 0 fully saturated rings. The molecule has 0 N–H and O–H groups in total. The Hall–Kier alpha value is -3.12. The molecule has 0 saturated carbocycles. The van der Waals surface area contributed by atoms with Gasteiger partial charge < -0.3 is 18.9 Å². The minimum absolute atomic E-state index is 0.00391. The third-order valence-electron chi connectivity index (χ3n) is 3.80. The fourth-order valence-corrected chi connectivity index (χ4v) is 2.46. The molecular formula is C24H32FNO7. The summed E-state index contributed by atoms with van der Waals surface area (Å²) in [7, 11) is 0. The molecule has 0 radical (unpaired) electrons. The lowest BCUT2D eigenvalue weighted by Crippen LogP contribution is -2.59. The average molecular weight is 466 g/mol. The smallest absolute Gasteiger partial charge is 0.423 e. The summed E-state index contributed by atoms with van der Waals surface area (Å²) in [4.78, 5) is 38.7. The van der Waals surface area contributed by atoms with Gasteiger partial charge in [0, 0.05) is 6.42 Å². The van der Waals surface area contributed by atoms with Crippen LogP contribution in [0.1, 0.15) is 53.5 Å². The van der Waals surface area contributed by atoms with E-state index in [9.17, 15) is 14.4 Å². The van der Waals surface area contributed by atoms with Crippen molar-refractivity contribution in [1.82, 2.24) is 4.90 Å². The van der Waals surface area contributed by atoms with Crippen molar-refractivity contribution in [2.75, 3.05) is 13.2 Å². The second-order valence-corrected chi connectivity index (χ2v) is 9.12. The van der Waals surface area contributed by atoms with Crippen LogP contribution in [0.5, 0.6) is 0 Å². The first-order valence-corrected chi connectivity index (χ1v) is 10.4. The number of carbonyl (C=O) groups excluding carboxylic acids is 3. The lowest BCUT2D eigenvalue weighted by molar-refractivity contribution is -0.174. The number of terminal acetylenes is 1. The fourth-order valence-electron chi connectivity index (χ4n) is 2.46. The summed E-state index contributed by atoms with van der Waals surface area (Å²) < 4.78 is 36.9. The third kappa shape index (κ3) is 9.49. The van der Waals surface area contributed by atoms with Gasteiger partial charge in [-0.2, -0.15) is 4.90 Å². The summed E-state index contributed by atoms with van der Waals surface area (Å²) >= 11 is 0. The van der Waals surface area contributed by atoms with Gasteiger partial charge in [-0.1, -0.05) is 36.3 Å². The Bertz CT molecular complexity index is 824. The Morgan fingerprint density at radius 1 is 0.970 bits per heavy atom. The number of hydrogen-bond donors (Lipinski definition) is 0. The van der Waals surface area contributed by atoms with E-state index in [1.165, 1.54) is 41.5 Å². The van der Waals surface area contributed by atoms with Crippen LogP contribution in [0.3, 0.4) is 0 Å². The normalized spacial score (nSPS) is 13.3. The molecule has 33 heavy (non-hydrogen) atoms. The largest absolute Gasteiger partial charge is 0.457 e. The molecule has 8 nitrogen and oxygen atoms in total. The third-order valence-corrected chi connectivity index (χ3v) is 3.80. The number of benzene rings is 1. The van der Waals surface area contributed by atoms with Crippen LogP contribution < -0.4 is 0 Å². The molecule has 0 bridgehead atoms. The van der Waals surface area contributed by atoms with Crippen molar-refractivity contribution in [3.63, 3.8) is 0 Å². The summed E-state index contributed by atoms with van der Waals surface area (Å²) in [5.41, 5.74) is -1.60. The topological polar surface area (TPSA) is 91.4 Å². The highest BCUT2D eigenvalue weighted by molar-refractivity contribution is 5.95. The standard InChI is InChI=1S/C24H32FNO7/c1-8-15-30-16-14-24(25,19(27)31-17-18-12-10-9-11-13-18)26(20(28)32-22(2,3)4)21(29)33-23(5,6)7/h1,9-13H,14-17H2,2-7H3. The molecule has 9 heteroatoms. The first-order valence-electron chi connectivity index (χ1n) is 10.4. The van der Waals surface area contributed by atoms with E-state index in [0.717, 1.165) is 0 Å². The van der Waals surface area contributed by atoms with E-state index >= 15 is 4.39 Å². The number of alkyl halides is 1. The van der Waals surface area contributed by atoms with Crippen LogP contribution in [-0.2, 0) is 30.3 Å². The highest BCUT2D eigenvalue weighted by Gasteiger charge is 2.55. The van der Waals surface area contributed by atoms with E-state index in [-0.39, 0.29) is 24.7 Å². The van der Waals surface area contributed by atoms with Crippen molar-refractivity contribution in [3.05, 3.63) is 35.9 Å². The molecule has 1 atom stereocenters. The Labute approximate surface area is 194 Å². The quantitative estimate of drug-likeness (QED) is 0.182. The molecular weight excluding hydrogens is 433 g/mol. The van der Waals surface area contributed by atoms with Gasteiger partial charge in [0.2, 0.25) is 0 Å². The Balaban J connectivity index is 3.33. The van der Waals surface area contributed by atoms with E-state index in [0.29, 0.717) is 5.56 Å². The van der Waals surface area contributed by atoms with Crippen molar-refractivity contribution >= 4 is 18.2 Å². The summed E-state index contributed by atoms with van der Waals surface area (Å²) in [5.74, 6) is -2.55. The highest BCUT2D eigenvalue weighted by Crippen LogP contribution is 2.29. The van der Waals surface area contributed by atoms with Gasteiger partial charge in [-0.25, -0.2) is 18.8 Å². The fraction of sp³-hybridized carbons (Fsp3) is 0.542. The van der Waals surface area contributed by atoms with Gasteiger partial charge in [0.1, 0.15) is 24.4 Å². The number of rotatable bonds is 8. The monoisotopic (exact) mass is 465 g/mol. The van der Waals surface area contributed by atoms with E-state index in [4.69, 9.17) is 25.4 Å². The predicted octanol–water partition coefficient (Wildman–Crippen LogP) is 4.61. The van der Waals surface area contributed by atoms with Gasteiger partial charge in [0.25, 0.3) is 5.79 Å². The molecule has 0 saturated heterocycles. The van der Waals surface area contributed by atoms with Crippen molar-refractivity contribution < 1.29 is 37.7 Å². The van der Waals surface area contributed by atoms with Crippen LogP contribution in [-0.4, -0.2) is 53.3 Å². The first-order chi connectivity index (χ1) is 15.2. The van der Waals surface area contributed by atoms with Gasteiger partial charge in [-0.3, -0.25) is 0 Å². The molecule has 0 heterocycles. The van der Waals surface area contributed by atoms with E-state index in [1.54, 1.807) is 30.3 Å². The van der Waals surface area contributed by atoms with E-state index < -0.39 is 41.6 Å². The van der Waals surface area contributed by atoms with Crippen LogP contribution in [0.4, 0.5) is 14.0 Å². The predicted molar refractivity (Wildman–Crippen MR) is 119 cm³/mol. The summed E-state index contributed by atoms with van der Waals surface area (Å²) in [6.45, 7) is 8.35. The molecule has 0 spiro atoms. The van der Waals surface area contributed by atoms with Crippen LogP contribution in [0, 0.1) is 12.3 Å². The molecule has 2 amide bonds. The molecule has 1 aromatic rings. The number of ether oxygens (including phenoxy) is 4. The Morgan fingerprint density at radius 2 is 1.48 bits per heavy atom. The molecule has 1 aromatic carbocycles. The Kier molecular flexibility index (Phi) is 9.86. The first kappa shape index (κ1) is 27.9. The summed E-state index contributed by atoms with van der Waals surface area (Å²) in [6, 6.07) is 8.53. The van der Waals surface area contributed by atoms with Gasteiger partial charge >= 0.3 is 18.2 Å². The molecule has 0 aliphatic rings. The van der Waals surface area contributed by atoms with Crippen LogP contribution in [0.2, 0.25) is 0 Å². The number of halogens is 1. The molecule has 1 rings (SSSR count). The highest BCUT2D eigenvalue weighted by atomic mass is 19.1. The number of imide groups is 1. The Morgan fingerprint density at radius 3 is 1.94 bits per heavy atom. The lowest BCUT2D eigenvalue weighted by atomic mass is 10.1. The average Bonchev–Trinajstić information content (AvgIpc) is 2.67. The summed E-state index contributed by atoms with van der Waals surface area (Å²) in [5, 5.41) is 0. The zero-order chi connectivity index (χ0) is 25.3. The molecule has 1 unspecified atom stereocenters. The number of hydrogen-bond acceptors (Lipinski definition) is 7. The minimum atomic E-state index is -3.28. The van der Waals surface area contributed by atoms with Crippen molar-refractivity contribution in [1.29, 1.82) is 0 Å². The molecule has 0 aliphatic heterocycles. The van der Waals surface area contributed by atoms with Crippen LogP contribution in [0.25, 0.3) is 0 Å². The number of nitrogens with zero attached hydrogens (tertiary/aromatic N) is 1. The number of esters is 1. The van der Waals surface area contributed by atoms with Gasteiger partial charge in [-0.05, 0) is 47.1 Å². The van der Waals surface area contributed by atoms with E-state index in [2.05, 4.69) is 5.92 Å². The maximum atomic E-state index is 16.3.